The Bertz CT molecular complexity index is 477. The summed E-state index contributed by atoms with van der Waals surface area (Å²) in [6.45, 7) is 6.74. The minimum atomic E-state index is -0.297. The van der Waals surface area contributed by atoms with Gasteiger partial charge in [0.15, 0.2) is 0 Å². The van der Waals surface area contributed by atoms with Crippen molar-refractivity contribution in [3.05, 3.63) is 18.3 Å². The number of carbonyl (C=O) groups is 1. The standard InChI is InChI=1S/C15H24N4O/c1-4-7-17-13-10-12(5-8-18-13)19-9-6-15(2,11-19)14(20)16-3/h5,8,10H,4,6-7,9,11H2,1-3H3,(H,16,20)(H,17,18). The Morgan fingerprint density at radius 1 is 1.55 bits per heavy atom. The molecule has 0 saturated carbocycles. The van der Waals surface area contributed by atoms with Gasteiger partial charge in [-0.15, -0.1) is 0 Å². The fraction of sp³-hybridized carbons (Fsp3) is 0.600. The molecule has 1 aromatic rings. The van der Waals surface area contributed by atoms with Crippen LogP contribution >= 0.6 is 0 Å². The number of rotatable bonds is 5. The fourth-order valence-corrected chi connectivity index (χ4v) is 2.63. The van der Waals surface area contributed by atoms with Crippen molar-refractivity contribution in [3.8, 4) is 0 Å². The van der Waals surface area contributed by atoms with Crippen molar-refractivity contribution >= 4 is 17.4 Å². The van der Waals surface area contributed by atoms with E-state index in [1.54, 1.807) is 7.05 Å². The Hall–Kier alpha value is -1.78. The zero-order chi connectivity index (χ0) is 14.6. The van der Waals surface area contributed by atoms with E-state index in [2.05, 4.69) is 33.5 Å². The minimum Gasteiger partial charge on any atom is -0.370 e. The molecular weight excluding hydrogens is 252 g/mol. The van der Waals surface area contributed by atoms with Crippen molar-refractivity contribution in [2.75, 3.05) is 36.9 Å². The lowest BCUT2D eigenvalue weighted by Gasteiger charge is -2.24. The zero-order valence-electron chi connectivity index (χ0n) is 12.6. The van der Waals surface area contributed by atoms with E-state index in [9.17, 15) is 4.79 Å². The van der Waals surface area contributed by atoms with Gasteiger partial charge in [-0.25, -0.2) is 4.98 Å². The second-order valence-corrected chi connectivity index (χ2v) is 5.64. The molecule has 1 saturated heterocycles. The van der Waals surface area contributed by atoms with Crippen LogP contribution in [0.15, 0.2) is 18.3 Å². The highest BCUT2D eigenvalue weighted by Gasteiger charge is 2.39. The van der Waals surface area contributed by atoms with E-state index in [0.29, 0.717) is 0 Å². The quantitative estimate of drug-likeness (QED) is 0.862. The summed E-state index contributed by atoms with van der Waals surface area (Å²) in [7, 11) is 1.70. The van der Waals surface area contributed by atoms with Gasteiger partial charge in [0.2, 0.25) is 5.91 Å². The number of nitrogens with one attached hydrogen (secondary N) is 2. The summed E-state index contributed by atoms with van der Waals surface area (Å²) in [5.41, 5.74) is 0.834. The molecule has 0 spiro atoms. The molecular formula is C15H24N4O. The molecule has 1 aliphatic rings. The van der Waals surface area contributed by atoms with E-state index >= 15 is 0 Å². The van der Waals surface area contributed by atoms with Gasteiger partial charge < -0.3 is 15.5 Å². The maximum Gasteiger partial charge on any atom is 0.227 e. The van der Waals surface area contributed by atoms with Crippen molar-refractivity contribution in [3.63, 3.8) is 0 Å². The van der Waals surface area contributed by atoms with Crippen molar-refractivity contribution in [2.45, 2.75) is 26.7 Å². The molecule has 0 radical (unpaired) electrons. The van der Waals surface area contributed by atoms with E-state index in [-0.39, 0.29) is 11.3 Å². The van der Waals surface area contributed by atoms with Crippen molar-refractivity contribution in [2.24, 2.45) is 5.41 Å². The minimum absolute atomic E-state index is 0.124. The Labute approximate surface area is 120 Å². The molecule has 2 heterocycles. The van der Waals surface area contributed by atoms with Gasteiger partial charge in [-0.05, 0) is 25.8 Å². The molecule has 0 aromatic carbocycles. The lowest BCUT2D eigenvalue weighted by atomic mass is 9.89. The van der Waals surface area contributed by atoms with Crippen LogP contribution in [0.25, 0.3) is 0 Å². The van der Waals surface area contributed by atoms with Gasteiger partial charge >= 0.3 is 0 Å². The molecule has 20 heavy (non-hydrogen) atoms. The van der Waals surface area contributed by atoms with Crippen LogP contribution in [-0.4, -0.2) is 37.6 Å². The van der Waals surface area contributed by atoms with E-state index in [1.807, 2.05) is 19.2 Å². The molecule has 110 valence electrons. The molecule has 2 rings (SSSR count). The molecule has 1 aliphatic heterocycles. The van der Waals surface area contributed by atoms with Gasteiger partial charge in [-0.1, -0.05) is 6.92 Å². The van der Waals surface area contributed by atoms with Crippen LogP contribution in [0.3, 0.4) is 0 Å². The first-order valence-corrected chi connectivity index (χ1v) is 7.26. The van der Waals surface area contributed by atoms with Crippen LogP contribution < -0.4 is 15.5 Å². The smallest absolute Gasteiger partial charge is 0.227 e. The maximum atomic E-state index is 12.0. The van der Waals surface area contributed by atoms with E-state index in [1.165, 1.54) is 0 Å². The van der Waals surface area contributed by atoms with Gasteiger partial charge in [0.05, 0.1) is 5.41 Å². The summed E-state index contributed by atoms with van der Waals surface area (Å²) in [5, 5.41) is 6.06. The lowest BCUT2D eigenvalue weighted by Crippen LogP contribution is -2.39. The lowest BCUT2D eigenvalue weighted by molar-refractivity contribution is -0.128. The predicted octanol–water partition coefficient (Wildman–Crippen LogP) is 1.87. The molecule has 1 fully saturated rings. The summed E-state index contributed by atoms with van der Waals surface area (Å²) < 4.78 is 0. The Morgan fingerprint density at radius 2 is 2.35 bits per heavy atom. The van der Waals surface area contributed by atoms with Gasteiger partial charge in [0.25, 0.3) is 0 Å². The molecule has 5 nitrogen and oxygen atoms in total. The molecule has 1 aromatic heterocycles. The number of aromatic nitrogens is 1. The van der Waals surface area contributed by atoms with Crippen molar-refractivity contribution < 1.29 is 4.79 Å². The number of nitrogens with zero attached hydrogens (tertiary/aromatic N) is 2. The normalized spacial score (nSPS) is 21.9. The Morgan fingerprint density at radius 3 is 3.05 bits per heavy atom. The Kier molecular flexibility index (Phi) is 4.47. The molecule has 0 aliphatic carbocycles. The number of carbonyl (C=O) groups excluding carboxylic acids is 1. The molecule has 1 unspecified atom stereocenters. The first-order valence-electron chi connectivity index (χ1n) is 7.26. The second kappa shape index (κ2) is 6.11. The highest BCUT2D eigenvalue weighted by atomic mass is 16.2. The van der Waals surface area contributed by atoms with Gasteiger partial charge in [-0.2, -0.15) is 0 Å². The number of pyridine rings is 1. The maximum absolute atomic E-state index is 12.0. The van der Waals surface area contributed by atoms with Gasteiger partial charge in [0.1, 0.15) is 5.82 Å². The fourth-order valence-electron chi connectivity index (χ4n) is 2.63. The molecule has 0 bridgehead atoms. The van der Waals surface area contributed by atoms with Crippen LogP contribution in [0.1, 0.15) is 26.7 Å². The number of amides is 1. The van der Waals surface area contributed by atoms with E-state index in [4.69, 9.17) is 0 Å². The highest BCUT2D eigenvalue weighted by molar-refractivity contribution is 5.83. The van der Waals surface area contributed by atoms with Crippen molar-refractivity contribution in [1.82, 2.24) is 10.3 Å². The van der Waals surface area contributed by atoms with Crippen LogP contribution in [0, 0.1) is 5.41 Å². The van der Waals surface area contributed by atoms with Crippen LogP contribution in [-0.2, 0) is 4.79 Å². The van der Waals surface area contributed by atoms with Gasteiger partial charge in [-0.3, -0.25) is 4.79 Å². The van der Waals surface area contributed by atoms with E-state index in [0.717, 1.165) is 44.0 Å². The molecule has 2 N–H and O–H groups in total. The first kappa shape index (κ1) is 14.6. The van der Waals surface area contributed by atoms with Crippen LogP contribution in [0.4, 0.5) is 11.5 Å². The number of anilines is 2. The van der Waals surface area contributed by atoms with Crippen LogP contribution in [0.2, 0.25) is 0 Å². The summed E-state index contributed by atoms with van der Waals surface area (Å²) in [4.78, 5) is 18.5. The number of hydrogen-bond donors (Lipinski definition) is 2. The largest absolute Gasteiger partial charge is 0.370 e. The predicted molar refractivity (Wildman–Crippen MR) is 82.0 cm³/mol. The summed E-state index contributed by atoms with van der Waals surface area (Å²) >= 11 is 0. The Balaban J connectivity index is 2.08. The molecule has 5 heteroatoms. The third-order valence-electron chi connectivity index (χ3n) is 3.91. The highest BCUT2D eigenvalue weighted by Crippen LogP contribution is 2.33. The average Bonchev–Trinajstić information content (AvgIpc) is 2.88. The summed E-state index contributed by atoms with van der Waals surface area (Å²) in [6, 6.07) is 4.07. The van der Waals surface area contributed by atoms with Crippen LogP contribution in [0.5, 0.6) is 0 Å². The monoisotopic (exact) mass is 276 g/mol. The average molecular weight is 276 g/mol. The summed E-state index contributed by atoms with van der Waals surface area (Å²) in [5.74, 6) is 1.02. The van der Waals surface area contributed by atoms with Crippen molar-refractivity contribution in [1.29, 1.82) is 0 Å². The third kappa shape index (κ3) is 3.03. The van der Waals surface area contributed by atoms with Gasteiger partial charge in [0, 0.05) is 44.6 Å². The molecule has 1 amide bonds. The molecule has 1 atom stereocenters. The SMILES string of the molecule is CCCNc1cc(N2CCC(C)(C(=O)NC)C2)ccn1. The van der Waals surface area contributed by atoms with E-state index < -0.39 is 0 Å². The summed E-state index contributed by atoms with van der Waals surface area (Å²) in [6.07, 6.45) is 3.78. The second-order valence-electron chi connectivity index (χ2n) is 5.64. The first-order chi connectivity index (χ1) is 9.59. The number of hydrogen-bond acceptors (Lipinski definition) is 4. The zero-order valence-corrected chi connectivity index (χ0v) is 12.6. The third-order valence-corrected chi connectivity index (χ3v) is 3.91. The topological polar surface area (TPSA) is 57.3 Å².